The van der Waals surface area contributed by atoms with Crippen molar-refractivity contribution in [1.29, 1.82) is 0 Å². The van der Waals surface area contributed by atoms with E-state index in [1.165, 1.54) is 7.11 Å². The lowest BCUT2D eigenvalue weighted by molar-refractivity contribution is -0.180. The number of rotatable bonds is 5. The average molecular weight is 282 g/mol. The van der Waals surface area contributed by atoms with Crippen molar-refractivity contribution in [1.82, 2.24) is 0 Å². The summed E-state index contributed by atoms with van der Waals surface area (Å²) in [6.07, 6.45) is 8.11. The SMILES string of the molecule is COC(=O)C(COC1CCCCO1)C1CC2C=CC1O2. The molecule has 0 aromatic heterocycles. The van der Waals surface area contributed by atoms with Gasteiger partial charge in [-0.2, -0.15) is 0 Å². The number of ether oxygens (including phenoxy) is 4. The summed E-state index contributed by atoms with van der Waals surface area (Å²) in [5.74, 6) is -0.332. The van der Waals surface area contributed by atoms with Crippen molar-refractivity contribution < 1.29 is 23.7 Å². The van der Waals surface area contributed by atoms with Gasteiger partial charge in [-0.05, 0) is 25.7 Å². The number of hydrogen-bond acceptors (Lipinski definition) is 5. The smallest absolute Gasteiger partial charge is 0.311 e. The van der Waals surface area contributed by atoms with Gasteiger partial charge in [-0.25, -0.2) is 0 Å². The van der Waals surface area contributed by atoms with Gasteiger partial charge in [0.2, 0.25) is 0 Å². The molecule has 112 valence electrons. The largest absolute Gasteiger partial charge is 0.469 e. The van der Waals surface area contributed by atoms with Crippen LogP contribution in [0.2, 0.25) is 0 Å². The van der Waals surface area contributed by atoms with E-state index in [9.17, 15) is 4.79 Å². The van der Waals surface area contributed by atoms with Gasteiger partial charge < -0.3 is 18.9 Å². The van der Waals surface area contributed by atoms with Crippen LogP contribution in [0.3, 0.4) is 0 Å². The van der Waals surface area contributed by atoms with E-state index >= 15 is 0 Å². The maximum Gasteiger partial charge on any atom is 0.311 e. The molecule has 3 rings (SSSR count). The van der Waals surface area contributed by atoms with Gasteiger partial charge in [-0.15, -0.1) is 0 Å². The second kappa shape index (κ2) is 6.24. The number of carbonyl (C=O) groups is 1. The van der Waals surface area contributed by atoms with E-state index in [1.807, 2.05) is 6.08 Å². The first kappa shape index (κ1) is 14.0. The first-order valence-corrected chi connectivity index (χ1v) is 7.42. The van der Waals surface area contributed by atoms with E-state index in [2.05, 4.69) is 6.08 Å². The van der Waals surface area contributed by atoms with E-state index < -0.39 is 0 Å². The lowest BCUT2D eigenvalue weighted by Gasteiger charge is -2.28. The van der Waals surface area contributed by atoms with Gasteiger partial charge in [0, 0.05) is 12.5 Å². The summed E-state index contributed by atoms with van der Waals surface area (Å²) in [6.45, 7) is 1.09. The Morgan fingerprint density at radius 1 is 1.40 bits per heavy atom. The summed E-state index contributed by atoms with van der Waals surface area (Å²) in [5, 5.41) is 0. The minimum Gasteiger partial charge on any atom is -0.469 e. The molecule has 2 fully saturated rings. The molecule has 5 nitrogen and oxygen atoms in total. The molecular formula is C15H22O5. The number of carbonyl (C=O) groups excluding carboxylic acids is 1. The zero-order chi connectivity index (χ0) is 13.9. The van der Waals surface area contributed by atoms with E-state index in [4.69, 9.17) is 18.9 Å². The molecule has 20 heavy (non-hydrogen) atoms. The van der Waals surface area contributed by atoms with Crippen molar-refractivity contribution >= 4 is 5.97 Å². The second-order valence-electron chi connectivity index (χ2n) is 5.68. The van der Waals surface area contributed by atoms with E-state index in [0.29, 0.717) is 6.61 Å². The standard InChI is InChI=1S/C15H22O5/c1-17-15(16)12(9-19-14-4-2-3-7-18-14)11-8-10-5-6-13(11)20-10/h5-6,10-14H,2-4,7-9H2,1H3. The number of methoxy groups -OCH3 is 1. The highest BCUT2D eigenvalue weighted by molar-refractivity contribution is 5.73. The molecule has 3 heterocycles. The van der Waals surface area contributed by atoms with Crippen molar-refractivity contribution in [3.8, 4) is 0 Å². The van der Waals surface area contributed by atoms with Crippen LogP contribution in [0.25, 0.3) is 0 Å². The average Bonchev–Trinajstić information content (AvgIpc) is 3.11. The predicted octanol–water partition coefficient (Wildman–Crippen LogP) is 1.66. The van der Waals surface area contributed by atoms with Crippen LogP contribution in [0.5, 0.6) is 0 Å². The summed E-state index contributed by atoms with van der Waals surface area (Å²) < 4.78 is 22.0. The number of fused-ring (bicyclic) bond motifs is 2. The summed E-state index contributed by atoms with van der Waals surface area (Å²) in [6, 6.07) is 0. The molecule has 0 aliphatic carbocycles. The maximum absolute atomic E-state index is 12.0. The molecule has 3 aliphatic heterocycles. The molecule has 2 saturated heterocycles. The normalized spacial score (nSPS) is 37.0. The molecule has 0 amide bonds. The van der Waals surface area contributed by atoms with Crippen LogP contribution < -0.4 is 0 Å². The van der Waals surface area contributed by atoms with Gasteiger partial charge in [-0.1, -0.05) is 12.2 Å². The Morgan fingerprint density at radius 3 is 2.90 bits per heavy atom. The first-order valence-electron chi connectivity index (χ1n) is 7.42. The topological polar surface area (TPSA) is 54.0 Å². The van der Waals surface area contributed by atoms with E-state index in [0.717, 1.165) is 32.3 Å². The van der Waals surface area contributed by atoms with Crippen molar-refractivity contribution in [2.45, 2.75) is 44.2 Å². The van der Waals surface area contributed by atoms with Crippen LogP contribution in [-0.2, 0) is 23.7 Å². The van der Waals surface area contributed by atoms with Gasteiger partial charge in [-0.3, -0.25) is 4.79 Å². The first-order chi connectivity index (χ1) is 9.78. The van der Waals surface area contributed by atoms with Crippen molar-refractivity contribution in [3.63, 3.8) is 0 Å². The summed E-state index contributed by atoms with van der Waals surface area (Å²) in [5.41, 5.74) is 0. The van der Waals surface area contributed by atoms with Gasteiger partial charge in [0.25, 0.3) is 0 Å². The van der Waals surface area contributed by atoms with Crippen LogP contribution in [0, 0.1) is 11.8 Å². The van der Waals surface area contributed by atoms with Crippen LogP contribution in [0.15, 0.2) is 12.2 Å². The fourth-order valence-corrected chi connectivity index (χ4v) is 3.27. The molecule has 5 atom stereocenters. The monoisotopic (exact) mass is 282 g/mol. The summed E-state index contributed by atoms with van der Waals surface area (Å²) in [4.78, 5) is 12.0. The third-order valence-corrected chi connectivity index (χ3v) is 4.39. The second-order valence-corrected chi connectivity index (χ2v) is 5.68. The molecule has 3 aliphatic rings. The maximum atomic E-state index is 12.0. The van der Waals surface area contributed by atoms with Crippen LogP contribution >= 0.6 is 0 Å². The lowest BCUT2D eigenvalue weighted by atomic mass is 9.83. The molecule has 5 unspecified atom stereocenters. The zero-order valence-corrected chi connectivity index (χ0v) is 11.8. The fraction of sp³-hybridized carbons (Fsp3) is 0.800. The number of esters is 1. The molecule has 2 bridgehead atoms. The van der Waals surface area contributed by atoms with Crippen molar-refractivity contribution in [2.75, 3.05) is 20.3 Å². The third kappa shape index (κ3) is 2.90. The Morgan fingerprint density at radius 2 is 2.30 bits per heavy atom. The van der Waals surface area contributed by atoms with Gasteiger partial charge >= 0.3 is 5.97 Å². The van der Waals surface area contributed by atoms with E-state index in [-0.39, 0.29) is 36.3 Å². The highest BCUT2D eigenvalue weighted by atomic mass is 16.7. The van der Waals surface area contributed by atoms with Crippen molar-refractivity contribution in [3.05, 3.63) is 12.2 Å². The molecule has 0 saturated carbocycles. The Labute approximate surface area is 119 Å². The molecular weight excluding hydrogens is 260 g/mol. The highest BCUT2D eigenvalue weighted by Crippen LogP contribution is 2.39. The minimum absolute atomic E-state index is 0.0278. The molecule has 0 spiro atoms. The van der Waals surface area contributed by atoms with Crippen molar-refractivity contribution in [2.24, 2.45) is 11.8 Å². The van der Waals surface area contributed by atoms with Crippen LogP contribution in [0.1, 0.15) is 25.7 Å². The Kier molecular flexibility index (Phi) is 4.38. The Balaban J connectivity index is 1.58. The van der Waals surface area contributed by atoms with E-state index in [1.54, 1.807) is 0 Å². The lowest BCUT2D eigenvalue weighted by Crippen LogP contribution is -2.36. The highest BCUT2D eigenvalue weighted by Gasteiger charge is 2.44. The van der Waals surface area contributed by atoms with Gasteiger partial charge in [0.15, 0.2) is 6.29 Å². The summed E-state index contributed by atoms with van der Waals surface area (Å²) in [7, 11) is 1.43. The quantitative estimate of drug-likeness (QED) is 0.567. The Bertz CT molecular complexity index is 374. The fourth-order valence-electron chi connectivity index (χ4n) is 3.27. The number of hydrogen-bond donors (Lipinski definition) is 0. The molecule has 0 aromatic carbocycles. The van der Waals surface area contributed by atoms with Gasteiger partial charge in [0.05, 0.1) is 31.8 Å². The third-order valence-electron chi connectivity index (χ3n) is 4.39. The zero-order valence-electron chi connectivity index (χ0n) is 11.8. The predicted molar refractivity (Wildman–Crippen MR) is 71.0 cm³/mol. The van der Waals surface area contributed by atoms with Gasteiger partial charge in [0.1, 0.15) is 0 Å². The minimum atomic E-state index is -0.273. The molecule has 0 aromatic rings. The Hall–Kier alpha value is -0.910. The molecule has 0 N–H and O–H groups in total. The van der Waals surface area contributed by atoms with Crippen LogP contribution in [0.4, 0.5) is 0 Å². The molecule has 0 radical (unpaired) electrons. The summed E-state index contributed by atoms with van der Waals surface area (Å²) >= 11 is 0. The molecule has 5 heteroatoms. The van der Waals surface area contributed by atoms with Crippen LogP contribution in [-0.4, -0.2) is 44.8 Å².